The second-order valence-corrected chi connectivity index (χ2v) is 3.31. The largest absolute Gasteiger partial charge is 0.468 e. The fourth-order valence-electron chi connectivity index (χ4n) is 0.464. The first-order valence-corrected chi connectivity index (χ1v) is 4.33. The van der Waals surface area contributed by atoms with Gasteiger partial charge in [-0.05, 0) is 0 Å². The van der Waals surface area contributed by atoms with E-state index >= 15 is 0 Å². The maximum Gasteiger partial charge on any atom is 0.325 e. The Bertz CT molecular complexity index is 164. The molecule has 0 aromatic carbocycles. The number of carbonyl (C=O) groups is 2. The minimum atomic E-state index is -1.07. The van der Waals surface area contributed by atoms with Crippen LogP contribution in [-0.4, -0.2) is 36.4 Å². The van der Waals surface area contributed by atoms with Crippen molar-refractivity contribution >= 4 is 39.5 Å². The standard InChI is InChI=1S/C6H8BrClO4/c1-11-5(9)3(7)4(8)6(10)12-2/h3-4H,1-2H3. The van der Waals surface area contributed by atoms with E-state index in [-0.39, 0.29) is 0 Å². The highest BCUT2D eigenvalue weighted by molar-refractivity contribution is 9.10. The molecular weight excluding hydrogens is 251 g/mol. The van der Waals surface area contributed by atoms with Crippen LogP contribution in [0.1, 0.15) is 0 Å². The Hall–Kier alpha value is -0.290. The predicted molar refractivity (Wildman–Crippen MR) is 46.4 cm³/mol. The fraction of sp³-hybridized carbons (Fsp3) is 0.667. The van der Waals surface area contributed by atoms with Crippen LogP contribution in [0.15, 0.2) is 0 Å². The molecule has 0 rings (SSSR count). The maximum atomic E-state index is 10.8. The van der Waals surface area contributed by atoms with Gasteiger partial charge >= 0.3 is 11.9 Å². The van der Waals surface area contributed by atoms with Crippen molar-refractivity contribution in [1.82, 2.24) is 0 Å². The molecule has 0 amide bonds. The second kappa shape index (κ2) is 5.37. The van der Waals surface area contributed by atoms with Crippen LogP contribution in [0, 0.1) is 0 Å². The SMILES string of the molecule is COC(=O)C(Cl)C(Br)C(=O)OC. The summed E-state index contributed by atoms with van der Waals surface area (Å²) in [7, 11) is 2.40. The van der Waals surface area contributed by atoms with Gasteiger partial charge in [0.2, 0.25) is 0 Å². The zero-order valence-electron chi connectivity index (χ0n) is 6.54. The lowest BCUT2D eigenvalue weighted by molar-refractivity contribution is -0.146. The highest BCUT2D eigenvalue weighted by Crippen LogP contribution is 2.14. The predicted octanol–water partition coefficient (Wildman–Crippen LogP) is 0.703. The van der Waals surface area contributed by atoms with Crippen LogP contribution in [0.25, 0.3) is 0 Å². The molecule has 2 atom stereocenters. The van der Waals surface area contributed by atoms with Gasteiger partial charge in [0.15, 0.2) is 5.38 Å². The van der Waals surface area contributed by atoms with Crippen LogP contribution in [0.4, 0.5) is 0 Å². The molecular formula is C6H8BrClO4. The zero-order valence-corrected chi connectivity index (χ0v) is 8.89. The van der Waals surface area contributed by atoms with Gasteiger partial charge in [-0.25, -0.2) is 0 Å². The average molecular weight is 259 g/mol. The van der Waals surface area contributed by atoms with E-state index < -0.39 is 22.1 Å². The van der Waals surface area contributed by atoms with E-state index in [4.69, 9.17) is 11.6 Å². The molecule has 0 aliphatic rings. The summed E-state index contributed by atoms with van der Waals surface area (Å²) in [6.45, 7) is 0. The van der Waals surface area contributed by atoms with Crippen LogP contribution >= 0.6 is 27.5 Å². The Balaban J connectivity index is 4.18. The van der Waals surface area contributed by atoms with Gasteiger partial charge in [0.1, 0.15) is 4.83 Å². The first-order chi connectivity index (χ1) is 5.54. The number of alkyl halides is 2. The van der Waals surface area contributed by atoms with Gasteiger partial charge in [-0.15, -0.1) is 11.6 Å². The minimum absolute atomic E-state index is 0.611. The van der Waals surface area contributed by atoms with Gasteiger partial charge in [-0.2, -0.15) is 0 Å². The summed E-state index contributed by atoms with van der Waals surface area (Å²) in [6, 6.07) is 0. The third-order valence-corrected chi connectivity index (χ3v) is 2.75. The lowest BCUT2D eigenvalue weighted by Crippen LogP contribution is -2.32. The molecule has 0 spiro atoms. The van der Waals surface area contributed by atoms with Crippen LogP contribution in [0.5, 0.6) is 0 Å². The number of halogens is 2. The molecule has 4 nitrogen and oxygen atoms in total. The first-order valence-electron chi connectivity index (χ1n) is 2.98. The highest BCUT2D eigenvalue weighted by Gasteiger charge is 2.31. The summed E-state index contributed by atoms with van der Waals surface area (Å²) in [5, 5.41) is -1.07. The van der Waals surface area contributed by atoms with E-state index in [0.29, 0.717) is 0 Å². The molecule has 0 bridgehead atoms. The van der Waals surface area contributed by atoms with Crippen molar-refractivity contribution in [2.75, 3.05) is 14.2 Å². The van der Waals surface area contributed by atoms with Gasteiger partial charge in [0, 0.05) is 0 Å². The van der Waals surface area contributed by atoms with Crippen molar-refractivity contribution in [3.63, 3.8) is 0 Å². The third-order valence-electron chi connectivity index (χ3n) is 1.11. The molecule has 0 aliphatic carbocycles. The van der Waals surface area contributed by atoms with E-state index in [0.717, 1.165) is 0 Å². The molecule has 70 valence electrons. The van der Waals surface area contributed by atoms with E-state index in [1.165, 1.54) is 14.2 Å². The van der Waals surface area contributed by atoms with Crippen molar-refractivity contribution in [2.24, 2.45) is 0 Å². The monoisotopic (exact) mass is 258 g/mol. The van der Waals surface area contributed by atoms with E-state index in [1.54, 1.807) is 0 Å². The highest BCUT2D eigenvalue weighted by atomic mass is 79.9. The number of carbonyl (C=O) groups excluding carboxylic acids is 2. The summed E-state index contributed by atoms with van der Waals surface area (Å²) >= 11 is 8.44. The van der Waals surface area contributed by atoms with Gasteiger partial charge in [-0.3, -0.25) is 9.59 Å². The molecule has 0 heterocycles. The Kier molecular flexibility index (Phi) is 5.24. The normalized spacial score (nSPS) is 14.7. The number of rotatable bonds is 3. The number of methoxy groups -OCH3 is 2. The summed E-state index contributed by atoms with van der Waals surface area (Å²) in [5.41, 5.74) is 0. The molecule has 12 heavy (non-hydrogen) atoms. The number of esters is 2. The molecule has 0 aromatic rings. The molecule has 0 aromatic heterocycles. The first kappa shape index (κ1) is 11.7. The number of hydrogen-bond donors (Lipinski definition) is 0. The molecule has 0 fully saturated rings. The van der Waals surface area contributed by atoms with Crippen molar-refractivity contribution in [1.29, 1.82) is 0 Å². The molecule has 0 N–H and O–H groups in total. The Morgan fingerprint density at radius 2 is 1.67 bits per heavy atom. The Morgan fingerprint density at radius 3 is 2.00 bits per heavy atom. The minimum Gasteiger partial charge on any atom is -0.468 e. The maximum absolute atomic E-state index is 10.8. The molecule has 6 heteroatoms. The van der Waals surface area contributed by atoms with E-state index in [9.17, 15) is 9.59 Å². The van der Waals surface area contributed by atoms with Gasteiger partial charge in [0.25, 0.3) is 0 Å². The molecule has 0 radical (unpaired) electrons. The number of ether oxygens (including phenoxy) is 2. The van der Waals surface area contributed by atoms with Crippen molar-refractivity contribution in [2.45, 2.75) is 10.2 Å². The summed E-state index contributed by atoms with van der Waals surface area (Å²) in [5.74, 6) is -1.29. The lowest BCUT2D eigenvalue weighted by Gasteiger charge is -2.11. The third kappa shape index (κ3) is 2.98. The van der Waals surface area contributed by atoms with Crippen LogP contribution in [0.2, 0.25) is 0 Å². The lowest BCUT2D eigenvalue weighted by atomic mass is 10.3. The molecule has 0 saturated heterocycles. The van der Waals surface area contributed by atoms with E-state index in [2.05, 4.69) is 25.4 Å². The zero-order chi connectivity index (χ0) is 9.72. The summed E-state index contributed by atoms with van der Waals surface area (Å²) < 4.78 is 8.67. The van der Waals surface area contributed by atoms with Crippen molar-refractivity contribution in [3.8, 4) is 0 Å². The van der Waals surface area contributed by atoms with Crippen molar-refractivity contribution in [3.05, 3.63) is 0 Å². The summed E-state index contributed by atoms with van der Waals surface area (Å²) in [4.78, 5) is 20.7. The van der Waals surface area contributed by atoms with Gasteiger partial charge in [-0.1, -0.05) is 15.9 Å². The van der Waals surface area contributed by atoms with Gasteiger partial charge in [0.05, 0.1) is 14.2 Å². The summed E-state index contributed by atoms with van der Waals surface area (Å²) in [6.07, 6.45) is 0. The topological polar surface area (TPSA) is 52.6 Å². The molecule has 0 saturated carbocycles. The van der Waals surface area contributed by atoms with Crippen LogP contribution in [0.3, 0.4) is 0 Å². The van der Waals surface area contributed by atoms with Gasteiger partial charge < -0.3 is 9.47 Å². The van der Waals surface area contributed by atoms with E-state index in [1.807, 2.05) is 0 Å². The van der Waals surface area contributed by atoms with Crippen molar-refractivity contribution < 1.29 is 19.1 Å². The molecule has 0 aliphatic heterocycles. The molecule has 2 unspecified atom stereocenters. The second-order valence-electron chi connectivity index (χ2n) is 1.85. The Labute approximate surface area is 83.3 Å². The fourth-order valence-corrected chi connectivity index (χ4v) is 1.06. The smallest absolute Gasteiger partial charge is 0.325 e. The Morgan fingerprint density at radius 1 is 1.25 bits per heavy atom. The average Bonchev–Trinajstić information content (AvgIpc) is 2.12. The quantitative estimate of drug-likeness (QED) is 0.553. The van der Waals surface area contributed by atoms with Crippen LogP contribution < -0.4 is 0 Å². The number of hydrogen-bond acceptors (Lipinski definition) is 4. The van der Waals surface area contributed by atoms with Crippen LogP contribution in [-0.2, 0) is 19.1 Å².